The summed E-state index contributed by atoms with van der Waals surface area (Å²) < 4.78 is 66.2. The molecule has 1 saturated heterocycles. The van der Waals surface area contributed by atoms with Crippen molar-refractivity contribution in [3.63, 3.8) is 0 Å². The number of fused-ring (bicyclic) bond motifs is 1. The summed E-state index contributed by atoms with van der Waals surface area (Å²) in [6, 6.07) is 3.37. The molecule has 4 atom stereocenters. The highest BCUT2D eigenvalue weighted by molar-refractivity contribution is 7.89. The number of likely N-dealkylation sites (N-methyl/N-ethyl adjacent to an activating group) is 1. The maximum absolute atomic E-state index is 13.0. The lowest BCUT2D eigenvalue weighted by Gasteiger charge is -2.26. The molecule has 0 bridgehead atoms. The van der Waals surface area contributed by atoms with Crippen LogP contribution in [0.1, 0.15) is 32.3 Å². The van der Waals surface area contributed by atoms with Crippen molar-refractivity contribution in [1.29, 1.82) is 0 Å². The van der Waals surface area contributed by atoms with Crippen LogP contribution in [0.2, 0.25) is 0 Å². The number of hydrogen-bond donors (Lipinski definition) is 2. The third-order valence-electron chi connectivity index (χ3n) is 6.21. The first-order chi connectivity index (χ1) is 13.9. The number of carbonyl (C=O) groups excluding carboxylic acids is 1. The third-order valence-corrected chi connectivity index (χ3v) is 8.04. The second-order valence-corrected chi connectivity index (χ2v) is 10.4. The van der Waals surface area contributed by atoms with E-state index in [4.69, 9.17) is 0 Å². The number of nitrogens with one attached hydrogen (secondary N) is 2. The number of halogens is 3. The number of hydrogen-bond acceptors (Lipinski definition) is 4. The van der Waals surface area contributed by atoms with Crippen molar-refractivity contribution in [3.05, 3.63) is 29.8 Å². The standard InChI is InChI=1S/C20H28F3N3O3S/c1-12(2)18(24-3)19(27)25-17-8-7-13-10-26(11-16(13)17)30(28,29)15-6-4-5-14(9-15)20(21,22)23/h4-6,9,12-13,16-18,24H,7-8,10-11H2,1-3H3,(H,25,27)/t13-,16+,17+,18-/m0/s1. The summed E-state index contributed by atoms with van der Waals surface area (Å²) in [5, 5.41) is 6.05. The minimum atomic E-state index is -4.61. The van der Waals surface area contributed by atoms with Crippen molar-refractivity contribution >= 4 is 15.9 Å². The number of alkyl halides is 3. The molecule has 1 heterocycles. The Labute approximate surface area is 175 Å². The molecular formula is C20H28F3N3O3S. The molecule has 1 aromatic rings. The summed E-state index contributed by atoms with van der Waals surface area (Å²) in [6.45, 7) is 4.34. The van der Waals surface area contributed by atoms with E-state index in [9.17, 15) is 26.4 Å². The molecule has 1 amide bonds. The Balaban J connectivity index is 1.74. The topological polar surface area (TPSA) is 78.5 Å². The number of carbonyl (C=O) groups is 1. The maximum Gasteiger partial charge on any atom is 0.416 e. The number of sulfonamides is 1. The molecule has 10 heteroatoms. The quantitative estimate of drug-likeness (QED) is 0.702. The van der Waals surface area contributed by atoms with Gasteiger partial charge in [-0.25, -0.2) is 8.42 Å². The van der Waals surface area contributed by atoms with E-state index < -0.39 is 21.8 Å². The van der Waals surface area contributed by atoms with Gasteiger partial charge >= 0.3 is 6.18 Å². The molecule has 2 N–H and O–H groups in total. The summed E-state index contributed by atoms with van der Waals surface area (Å²) in [4.78, 5) is 12.2. The van der Waals surface area contributed by atoms with E-state index in [1.165, 1.54) is 10.4 Å². The zero-order valence-corrected chi connectivity index (χ0v) is 18.1. The second kappa shape index (κ2) is 8.47. The fraction of sp³-hybridized carbons (Fsp3) is 0.650. The summed E-state index contributed by atoms with van der Waals surface area (Å²) >= 11 is 0. The van der Waals surface area contributed by atoms with Gasteiger partial charge in [0.2, 0.25) is 15.9 Å². The van der Waals surface area contributed by atoms with E-state index in [2.05, 4.69) is 10.6 Å². The number of benzene rings is 1. The molecule has 1 aliphatic heterocycles. The van der Waals surface area contributed by atoms with Crippen LogP contribution in [-0.2, 0) is 21.0 Å². The van der Waals surface area contributed by atoms with Crippen LogP contribution in [0, 0.1) is 17.8 Å². The Bertz CT molecular complexity index is 889. The van der Waals surface area contributed by atoms with E-state index in [1.54, 1.807) is 7.05 Å². The molecule has 1 saturated carbocycles. The highest BCUT2D eigenvalue weighted by atomic mass is 32.2. The fourth-order valence-electron chi connectivity index (χ4n) is 4.62. The van der Waals surface area contributed by atoms with Crippen LogP contribution in [0.15, 0.2) is 29.2 Å². The van der Waals surface area contributed by atoms with Gasteiger partial charge in [-0.15, -0.1) is 0 Å². The van der Waals surface area contributed by atoms with Gasteiger partial charge in [0, 0.05) is 19.1 Å². The fourth-order valence-corrected chi connectivity index (χ4v) is 6.20. The van der Waals surface area contributed by atoms with Gasteiger partial charge in [-0.1, -0.05) is 19.9 Å². The van der Waals surface area contributed by atoms with Crippen LogP contribution >= 0.6 is 0 Å². The van der Waals surface area contributed by atoms with Crippen LogP contribution in [-0.4, -0.2) is 50.9 Å². The van der Waals surface area contributed by atoms with Crippen molar-refractivity contribution in [3.8, 4) is 0 Å². The second-order valence-electron chi connectivity index (χ2n) is 8.47. The summed E-state index contributed by atoms with van der Waals surface area (Å²) in [6.07, 6.45) is -3.06. The lowest BCUT2D eigenvalue weighted by molar-refractivity contribution is -0.137. The highest BCUT2D eigenvalue weighted by Gasteiger charge is 2.47. The van der Waals surface area contributed by atoms with Gasteiger partial charge in [0.25, 0.3) is 0 Å². The summed E-state index contributed by atoms with van der Waals surface area (Å²) in [7, 11) is -2.32. The van der Waals surface area contributed by atoms with Gasteiger partial charge in [-0.3, -0.25) is 4.79 Å². The molecule has 168 valence electrons. The Morgan fingerprint density at radius 3 is 2.50 bits per heavy atom. The Morgan fingerprint density at radius 1 is 1.20 bits per heavy atom. The zero-order valence-electron chi connectivity index (χ0n) is 17.2. The van der Waals surface area contributed by atoms with Crippen LogP contribution in [0.5, 0.6) is 0 Å². The normalized spacial score (nSPS) is 26.0. The SMILES string of the molecule is CN[C@H](C(=O)N[C@@H]1CC[C@H]2CN(S(=O)(=O)c3cccc(C(F)(F)F)c3)C[C@H]21)C(C)C. The highest BCUT2D eigenvalue weighted by Crippen LogP contribution is 2.40. The number of rotatable bonds is 6. The van der Waals surface area contributed by atoms with Gasteiger partial charge in [-0.2, -0.15) is 17.5 Å². The van der Waals surface area contributed by atoms with E-state index in [0.717, 1.165) is 25.0 Å². The van der Waals surface area contributed by atoms with Crippen molar-refractivity contribution in [1.82, 2.24) is 14.9 Å². The number of amides is 1. The Hall–Kier alpha value is -1.65. The molecule has 0 aromatic heterocycles. The molecule has 1 aromatic carbocycles. The molecule has 30 heavy (non-hydrogen) atoms. The van der Waals surface area contributed by atoms with E-state index in [1.807, 2.05) is 13.8 Å². The molecule has 0 unspecified atom stereocenters. The smallest absolute Gasteiger partial charge is 0.352 e. The van der Waals surface area contributed by atoms with E-state index in [-0.39, 0.29) is 53.7 Å². The lowest BCUT2D eigenvalue weighted by Crippen LogP contribution is -2.50. The lowest BCUT2D eigenvalue weighted by atomic mass is 9.97. The van der Waals surface area contributed by atoms with Gasteiger partial charge in [0.05, 0.1) is 16.5 Å². The van der Waals surface area contributed by atoms with Crippen LogP contribution in [0.4, 0.5) is 13.2 Å². The average molecular weight is 448 g/mol. The first kappa shape index (κ1) is 23.0. The Kier molecular flexibility index (Phi) is 6.50. The van der Waals surface area contributed by atoms with Gasteiger partial charge < -0.3 is 10.6 Å². The molecule has 2 fully saturated rings. The van der Waals surface area contributed by atoms with Gasteiger partial charge in [0.1, 0.15) is 0 Å². The van der Waals surface area contributed by atoms with Crippen LogP contribution < -0.4 is 10.6 Å². The molecule has 6 nitrogen and oxygen atoms in total. The van der Waals surface area contributed by atoms with Crippen molar-refractivity contribution in [2.75, 3.05) is 20.1 Å². The monoisotopic (exact) mass is 447 g/mol. The zero-order chi connectivity index (χ0) is 22.3. The molecule has 0 spiro atoms. The maximum atomic E-state index is 13.0. The molecule has 0 radical (unpaired) electrons. The van der Waals surface area contributed by atoms with Crippen molar-refractivity contribution in [2.45, 2.75) is 49.8 Å². The predicted molar refractivity (Wildman–Crippen MR) is 106 cm³/mol. The minimum absolute atomic E-state index is 0.0424. The van der Waals surface area contributed by atoms with Crippen molar-refractivity contribution < 1.29 is 26.4 Å². The average Bonchev–Trinajstić information content (AvgIpc) is 3.24. The molecule has 1 aliphatic carbocycles. The Morgan fingerprint density at radius 2 is 1.90 bits per heavy atom. The molecular weight excluding hydrogens is 419 g/mol. The number of nitrogens with zero attached hydrogens (tertiary/aromatic N) is 1. The third kappa shape index (κ3) is 4.50. The van der Waals surface area contributed by atoms with Crippen molar-refractivity contribution in [2.24, 2.45) is 17.8 Å². The molecule has 3 rings (SSSR count). The van der Waals surface area contributed by atoms with Gasteiger partial charge in [-0.05, 0) is 55.8 Å². The predicted octanol–water partition coefficient (Wildman–Crippen LogP) is 2.46. The first-order valence-corrected chi connectivity index (χ1v) is 11.5. The largest absolute Gasteiger partial charge is 0.416 e. The van der Waals surface area contributed by atoms with Crippen LogP contribution in [0.3, 0.4) is 0 Å². The summed E-state index contributed by atoms with van der Waals surface area (Å²) in [5.74, 6) is 0.0352. The van der Waals surface area contributed by atoms with Gasteiger partial charge in [0.15, 0.2) is 0 Å². The minimum Gasteiger partial charge on any atom is -0.352 e. The van der Waals surface area contributed by atoms with E-state index >= 15 is 0 Å². The van der Waals surface area contributed by atoms with Crippen LogP contribution in [0.25, 0.3) is 0 Å². The first-order valence-electron chi connectivity index (χ1n) is 10.1. The van der Waals surface area contributed by atoms with E-state index in [0.29, 0.717) is 6.07 Å². The molecule has 2 aliphatic rings. The summed E-state index contributed by atoms with van der Waals surface area (Å²) in [5.41, 5.74) is -0.986.